The summed E-state index contributed by atoms with van der Waals surface area (Å²) in [5.74, 6) is 0.414. The number of benzene rings is 2. The molecule has 3 aromatic rings. The maximum Gasteiger partial charge on any atom is 0.179 e. The Morgan fingerprint density at radius 1 is 1.05 bits per heavy atom. The number of hydrogen-bond donors (Lipinski definition) is 1. The molecule has 0 spiro atoms. The molecule has 7 heteroatoms. The summed E-state index contributed by atoms with van der Waals surface area (Å²) in [5, 5.41) is 3.23. The third kappa shape index (κ3) is 5.05. The highest BCUT2D eigenvalue weighted by molar-refractivity contribution is 5.76. The molecule has 5 rings (SSSR count). The van der Waals surface area contributed by atoms with E-state index in [1.165, 1.54) is 12.1 Å². The number of nitrogens with one attached hydrogen (secondary N) is 1. The van der Waals surface area contributed by atoms with Crippen molar-refractivity contribution in [1.82, 2.24) is 9.88 Å². The molecule has 0 atom stereocenters. The molecule has 1 saturated heterocycles. The monoisotopic (exact) mass is 504 g/mol. The van der Waals surface area contributed by atoms with Crippen molar-refractivity contribution >= 4 is 17.2 Å². The van der Waals surface area contributed by atoms with Crippen LogP contribution in [-0.2, 0) is 0 Å². The zero-order valence-corrected chi connectivity index (χ0v) is 21.9. The van der Waals surface area contributed by atoms with Crippen LogP contribution in [0.1, 0.15) is 43.7 Å². The molecule has 5 nitrogen and oxygen atoms in total. The predicted molar refractivity (Wildman–Crippen MR) is 146 cm³/mol. The van der Waals surface area contributed by atoms with E-state index in [9.17, 15) is 0 Å². The quantitative estimate of drug-likeness (QED) is 0.405. The van der Waals surface area contributed by atoms with Crippen LogP contribution in [0.15, 0.2) is 54.7 Å². The van der Waals surface area contributed by atoms with Gasteiger partial charge >= 0.3 is 0 Å². The number of likely N-dealkylation sites (tertiary alicyclic amines) is 1. The summed E-state index contributed by atoms with van der Waals surface area (Å²) in [6.45, 7) is 12.3. The first-order valence-electron chi connectivity index (χ1n) is 12.9. The second-order valence-corrected chi connectivity index (χ2v) is 10.4. The van der Waals surface area contributed by atoms with E-state index in [2.05, 4.69) is 23.8 Å². The van der Waals surface area contributed by atoms with Crippen LogP contribution in [0.5, 0.6) is 5.75 Å². The Morgan fingerprint density at radius 2 is 1.81 bits per heavy atom. The fourth-order valence-corrected chi connectivity index (χ4v) is 5.37. The topological polar surface area (TPSA) is 40.6 Å². The minimum Gasteiger partial charge on any atom is -0.482 e. The molecule has 1 N–H and O–H groups in total. The lowest BCUT2D eigenvalue weighted by atomic mass is 9.89. The molecule has 0 amide bonds. The van der Waals surface area contributed by atoms with Gasteiger partial charge in [0.25, 0.3) is 0 Å². The highest BCUT2D eigenvalue weighted by Gasteiger charge is 2.28. The normalized spacial score (nSPS) is 16.6. The molecule has 3 heterocycles. The molecule has 2 aliphatic heterocycles. The molecule has 0 radical (unpaired) electrons. The molecule has 0 aliphatic carbocycles. The Morgan fingerprint density at radius 3 is 2.51 bits per heavy atom. The van der Waals surface area contributed by atoms with E-state index in [-0.39, 0.29) is 30.1 Å². The van der Waals surface area contributed by atoms with Crippen LogP contribution in [0.2, 0.25) is 0 Å². The number of aromatic nitrogens is 1. The molecule has 2 aromatic carbocycles. The number of fused-ring (bicyclic) bond motifs is 1. The number of nitrogens with zero attached hydrogens (tertiary/aromatic N) is 3. The summed E-state index contributed by atoms with van der Waals surface area (Å²) in [6.07, 6.45) is 1.93. The number of anilines is 3. The number of rotatable bonds is 5. The molecule has 0 bridgehead atoms. The summed E-state index contributed by atoms with van der Waals surface area (Å²) in [7, 11) is 2.10. The van der Waals surface area contributed by atoms with E-state index in [0.717, 1.165) is 42.8 Å². The van der Waals surface area contributed by atoms with Crippen molar-refractivity contribution in [3.63, 3.8) is 0 Å². The zero-order chi connectivity index (χ0) is 26.3. The Kier molecular flexibility index (Phi) is 6.90. The van der Waals surface area contributed by atoms with Gasteiger partial charge in [-0.25, -0.2) is 13.8 Å². The van der Waals surface area contributed by atoms with Crippen molar-refractivity contribution < 1.29 is 13.5 Å². The van der Waals surface area contributed by atoms with Crippen molar-refractivity contribution in [3.05, 3.63) is 77.5 Å². The summed E-state index contributed by atoms with van der Waals surface area (Å²) in [6, 6.07) is 12.6. The molecule has 1 aromatic heterocycles. The largest absolute Gasteiger partial charge is 0.482 e. The molecule has 37 heavy (non-hydrogen) atoms. The van der Waals surface area contributed by atoms with Gasteiger partial charge in [0.05, 0.1) is 11.4 Å². The van der Waals surface area contributed by atoms with Gasteiger partial charge in [-0.3, -0.25) is 0 Å². The lowest BCUT2D eigenvalue weighted by Crippen LogP contribution is -2.35. The van der Waals surface area contributed by atoms with Crippen LogP contribution in [0.3, 0.4) is 0 Å². The van der Waals surface area contributed by atoms with Crippen LogP contribution in [-0.4, -0.2) is 42.7 Å². The average molecular weight is 505 g/mol. The van der Waals surface area contributed by atoms with Crippen LogP contribution in [0.4, 0.5) is 26.0 Å². The number of aryl methyl sites for hydroxylation is 1. The summed E-state index contributed by atoms with van der Waals surface area (Å²) in [4.78, 5) is 9.06. The Hall–Kier alpha value is -3.45. The molecule has 0 saturated carbocycles. The minimum atomic E-state index is -0.434. The van der Waals surface area contributed by atoms with E-state index >= 15 is 8.78 Å². The first-order valence-corrected chi connectivity index (χ1v) is 12.9. The van der Waals surface area contributed by atoms with Gasteiger partial charge < -0.3 is 19.9 Å². The molecule has 0 unspecified atom stereocenters. The van der Waals surface area contributed by atoms with Gasteiger partial charge in [-0.15, -0.1) is 0 Å². The molecule has 2 aliphatic rings. The number of piperidine rings is 1. The lowest BCUT2D eigenvalue weighted by molar-refractivity contribution is 0.253. The Balaban J connectivity index is 1.43. The number of ether oxygens (including phenoxy) is 1. The number of hydrogen-bond acceptors (Lipinski definition) is 5. The Labute approximate surface area is 217 Å². The summed E-state index contributed by atoms with van der Waals surface area (Å²) < 4.78 is 35.8. The van der Waals surface area contributed by atoms with E-state index in [1.54, 1.807) is 0 Å². The predicted octanol–water partition coefficient (Wildman–Crippen LogP) is 7.01. The van der Waals surface area contributed by atoms with Crippen LogP contribution < -0.4 is 15.0 Å². The van der Waals surface area contributed by atoms with E-state index in [4.69, 9.17) is 9.72 Å². The van der Waals surface area contributed by atoms with Gasteiger partial charge in [-0.05, 0) is 101 Å². The highest BCUT2D eigenvalue weighted by atomic mass is 19.1. The van der Waals surface area contributed by atoms with Crippen molar-refractivity contribution in [2.75, 3.05) is 37.0 Å². The van der Waals surface area contributed by atoms with Gasteiger partial charge in [0.2, 0.25) is 0 Å². The number of pyridine rings is 1. The lowest BCUT2D eigenvalue weighted by Gasteiger charge is -2.36. The first kappa shape index (κ1) is 25.2. The maximum absolute atomic E-state index is 15.1. The van der Waals surface area contributed by atoms with Crippen LogP contribution in [0, 0.1) is 18.6 Å². The first-order chi connectivity index (χ1) is 17.7. The van der Waals surface area contributed by atoms with E-state index in [0.29, 0.717) is 28.5 Å². The zero-order valence-electron chi connectivity index (χ0n) is 21.9. The van der Waals surface area contributed by atoms with Crippen molar-refractivity contribution in [1.29, 1.82) is 0 Å². The van der Waals surface area contributed by atoms with Crippen molar-refractivity contribution in [2.24, 2.45) is 0 Å². The standard InChI is InChI=1S/C30H34F2N4O/c1-18(2)36-20(4)17-37-30-26(32)14-22(15-27(30)36)29-19(3)6-9-28(34-29)33-23-7-8-24(25(31)16-23)21-10-12-35(5)13-11-21/h6-9,14-16,18,21H,4,10-13,17H2,1-3,5H3,(H,33,34). The van der Waals surface area contributed by atoms with Gasteiger partial charge in [-0.1, -0.05) is 18.7 Å². The average Bonchev–Trinajstić information content (AvgIpc) is 2.85. The fourth-order valence-electron chi connectivity index (χ4n) is 5.37. The molecular formula is C30H34F2N4O. The van der Waals surface area contributed by atoms with E-state index < -0.39 is 5.82 Å². The Bertz CT molecular complexity index is 1330. The highest BCUT2D eigenvalue weighted by Crippen LogP contribution is 2.42. The van der Waals surface area contributed by atoms with E-state index in [1.807, 2.05) is 56.0 Å². The van der Waals surface area contributed by atoms with Crippen LogP contribution >= 0.6 is 0 Å². The van der Waals surface area contributed by atoms with Crippen LogP contribution in [0.25, 0.3) is 11.3 Å². The summed E-state index contributed by atoms with van der Waals surface area (Å²) in [5.41, 5.74) is 5.03. The molecular weight excluding hydrogens is 470 g/mol. The van der Waals surface area contributed by atoms with Gasteiger partial charge in [0.15, 0.2) is 11.6 Å². The van der Waals surface area contributed by atoms with Gasteiger partial charge in [0, 0.05) is 23.0 Å². The minimum absolute atomic E-state index is 0.0965. The third-order valence-electron chi connectivity index (χ3n) is 7.33. The third-order valence-corrected chi connectivity index (χ3v) is 7.33. The fraction of sp³-hybridized carbons (Fsp3) is 0.367. The second kappa shape index (κ2) is 10.1. The van der Waals surface area contributed by atoms with Crippen molar-refractivity contribution in [2.45, 2.75) is 45.6 Å². The number of halogens is 2. The molecule has 194 valence electrons. The van der Waals surface area contributed by atoms with Gasteiger partial charge in [0.1, 0.15) is 18.2 Å². The SMILES string of the molecule is C=C1COc2c(F)cc(-c3nc(Nc4ccc(C5CCN(C)CC5)c(F)c4)ccc3C)cc2N1C(C)C. The smallest absolute Gasteiger partial charge is 0.179 e. The second-order valence-electron chi connectivity index (χ2n) is 10.4. The van der Waals surface area contributed by atoms with Crippen molar-refractivity contribution in [3.8, 4) is 17.0 Å². The maximum atomic E-state index is 15.1. The van der Waals surface area contributed by atoms with Gasteiger partial charge in [-0.2, -0.15) is 0 Å². The summed E-state index contributed by atoms with van der Waals surface area (Å²) >= 11 is 0. The molecule has 1 fully saturated rings.